The molecule has 0 fully saturated rings. The number of nitrogens with zero attached hydrogens (tertiary/aromatic N) is 8. The Morgan fingerprint density at radius 2 is 1.10 bits per heavy atom. The molecule has 6 aromatic rings. The van der Waals surface area contributed by atoms with Gasteiger partial charge in [-0.05, 0) is 123 Å². The number of carbonyl (C=O) groups excluding carboxylic acids is 3. The predicted octanol–water partition coefficient (Wildman–Crippen LogP) is 8.66. The summed E-state index contributed by atoms with van der Waals surface area (Å²) >= 11 is 3.43. The van der Waals surface area contributed by atoms with Crippen molar-refractivity contribution in [3.63, 3.8) is 0 Å². The van der Waals surface area contributed by atoms with Crippen LogP contribution in [0.25, 0.3) is 12.2 Å². The third-order valence-electron chi connectivity index (χ3n) is 11.7. The van der Waals surface area contributed by atoms with Crippen LogP contribution in [-0.2, 0) is 50.1 Å². The van der Waals surface area contributed by atoms with Gasteiger partial charge in [0.1, 0.15) is 65.9 Å². The molecule has 84 heavy (non-hydrogen) atoms. The van der Waals surface area contributed by atoms with E-state index in [2.05, 4.69) is 35.1 Å². The van der Waals surface area contributed by atoms with Gasteiger partial charge in [-0.1, -0.05) is 60.7 Å². The summed E-state index contributed by atoms with van der Waals surface area (Å²) in [5, 5.41) is 30.6. The summed E-state index contributed by atoms with van der Waals surface area (Å²) < 4.78 is 27.0. The highest BCUT2D eigenvalue weighted by Gasteiger charge is 2.23. The average Bonchev–Trinajstić information content (AvgIpc) is 3.67. The van der Waals surface area contributed by atoms with Crippen LogP contribution in [0.2, 0.25) is 0 Å². The van der Waals surface area contributed by atoms with Gasteiger partial charge in [-0.2, -0.15) is 20.5 Å². The second-order valence-corrected chi connectivity index (χ2v) is 22.9. The van der Waals surface area contributed by atoms with Crippen molar-refractivity contribution in [3.8, 4) is 24.2 Å². The van der Waals surface area contributed by atoms with E-state index in [0.29, 0.717) is 51.0 Å². The minimum absolute atomic E-state index is 0.0158. The number of carbonyl (C=O) groups is 3. The molecule has 0 unspecified atom stereocenters. The fraction of sp³-hybridized carbons (Fsp3) is 0.328. The average molecular weight is 1180 g/mol. The SMILES string of the molecule is CC(C)(C)OC(=O)/C(C#N)=C/c1ccc2c(c1)SCCN2CCO.CC(C)(C)OC(=O)/C(C#N)=C/c1ccc2c(c1)SCCN2CCOC(=O)NCc1ccc(COc2nccc(N)n2)cc1.NCc1ccc(COc2nccc(N)n2)cc1. The number of aromatic nitrogens is 4. The molecule has 0 atom stereocenters. The Hall–Kier alpha value is -8.87. The summed E-state index contributed by atoms with van der Waals surface area (Å²) in [7, 11) is 0. The molecule has 0 radical (unpaired) electrons. The van der Waals surface area contributed by atoms with Gasteiger partial charge in [0.25, 0.3) is 0 Å². The molecule has 2 aliphatic rings. The van der Waals surface area contributed by atoms with Crippen molar-refractivity contribution in [3.05, 3.63) is 154 Å². The number of aliphatic hydroxyl groups is 1. The molecule has 4 aromatic carbocycles. The van der Waals surface area contributed by atoms with Gasteiger partial charge in [0.05, 0.1) is 24.5 Å². The molecule has 2 aliphatic heterocycles. The number of nitrogens with two attached hydrogens (primary N) is 3. The van der Waals surface area contributed by atoms with Crippen molar-refractivity contribution in [2.75, 3.05) is 72.2 Å². The molecule has 2 aromatic heterocycles. The molecular weight excluding hydrogens is 1110 g/mol. The van der Waals surface area contributed by atoms with E-state index in [4.69, 9.17) is 46.0 Å². The molecule has 440 valence electrons. The quantitative estimate of drug-likeness (QED) is 0.0232. The minimum atomic E-state index is -0.685. The van der Waals surface area contributed by atoms with Crippen LogP contribution >= 0.6 is 23.5 Å². The van der Waals surface area contributed by atoms with E-state index in [0.717, 1.165) is 79.1 Å². The summed E-state index contributed by atoms with van der Waals surface area (Å²) in [5.74, 6) is 1.28. The maximum atomic E-state index is 12.3. The summed E-state index contributed by atoms with van der Waals surface area (Å²) in [4.78, 5) is 59.0. The first-order chi connectivity index (χ1) is 40.2. The zero-order valence-electron chi connectivity index (χ0n) is 47.9. The largest absolute Gasteiger partial charge is 0.459 e. The van der Waals surface area contributed by atoms with Gasteiger partial charge in [-0.3, -0.25) is 0 Å². The van der Waals surface area contributed by atoms with Crippen LogP contribution < -0.4 is 41.8 Å². The topological polar surface area (TPSA) is 313 Å². The molecule has 8 rings (SSSR count). The zero-order chi connectivity index (χ0) is 60.7. The fourth-order valence-electron chi connectivity index (χ4n) is 7.77. The van der Waals surface area contributed by atoms with Gasteiger partial charge in [0, 0.05) is 66.4 Å². The highest BCUT2D eigenvalue weighted by molar-refractivity contribution is 7.99. The normalized spacial score (nSPS) is 12.9. The van der Waals surface area contributed by atoms with Crippen LogP contribution in [0, 0.1) is 22.7 Å². The number of hydrogen-bond donors (Lipinski definition) is 5. The van der Waals surface area contributed by atoms with Crippen molar-refractivity contribution >= 4 is 76.7 Å². The van der Waals surface area contributed by atoms with E-state index in [1.165, 1.54) is 6.20 Å². The highest BCUT2D eigenvalue weighted by atomic mass is 32.2. The maximum absolute atomic E-state index is 12.3. The number of rotatable bonds is 18. The van der Waals surface area contributed by atoms with Crippen molar-refractivity contribution in [1.29, 1.82) is 10.5 Å². The number of benzene rings is 4. The van der Waals surface area contributed by atoms with E-state index < -0.39 is 29.2 Å². The van der Waals surface area contributed by atoms with Gasteiger partial charge in [-0.25, -0.2) is 24.4 Å². The van der Waals surface area contributed by atoms with E-state index in [9.17, 15) is 24.9 Å². The molecule has 1 amide bonds. The van der Waals surface area contributed by atoms with Gasteiger partial charge in [0.2, 0.25) is 0 Å². The molecular formula is C61H70N12O9S2. The summed E-state index contributed by atoms with van der Waals surface area (Å²) in [6, 6.07) is 34.6. The minimum Gasteiger partial charge on any atom is -0.459 e. The molecule has 8 N–H and O–H groups in total. The van der Waals surface area contributed by atoms with Crippen LogP contribution in [0.15, 0.2) is 130 Å². The predicted molar refractivity (Wildman–Crippen MR) is 325 cm³/mol. The molecule has 0 bridgehead atoms. The number of β-amino-alcohol motifs (C(OH)–C–C–N with tert-alkyl or cyclic N) is 1. The Labute approximate surface area is 498 Å². The third-order valence-corrected chi connectivity index (χ3v) is 13.8. The monoisotopic (exact) mass is 1180 g/mol. The van der Waals surface area contributed by atoms with Gasteiger partial charge in [-0.15, -0.1) is 23.5 Å². The number of nitrogens with one attached hydrogen (secondary N) is 1. The first kappa shape index (κ1) is 64.3. The smallest absolute Gasteiger partial charge is 0.407 e. The van der Waals surface area contributed by atoms with Crippen molar-refractivity contribution < 1.29 is 43.2 Å². The molecule has 0 spiro atoms. The number of anilines is 4. The Kier molecular flexibility index (Phi) is 24.1. The lowest BCUT2D eigenvalue weighted by Gasteiger charge is -2.30. The number of nitriles is 2. The number of alkyl carbamates (subject to hydrolysis) is 1. The molecule has 0 saturated heterocycles. The number of ether oxygens (including phenoxy) is 5. The number of fused-ring (bicyclic) bond motifs is 2. The van der Waals surface area contributed by atoms with Crippen molar-refractivity contribution in [1.82, 2.24) is 25.3 Å². The number of aliphatic hydroxyl groups excluding tert-OH is 1. The van der Waals surface area contributed by atoms with E-state index in [-0.39, 0.29) is 36.4 Å². The Morgan fingerprint density at radius 3 is 1.51 bits per heavy atom. The van der Waals surface area contributed by atoms with E-state index >= 15 is 0 Å². The highest BCUT2D eigenvalue weighted by Crippen LogP contribution is 2.37. The number of esters is 2. The summed E-state index contributed by atoms with van der Waals surface area (Å²) in [6.45, 7) is 15.3. The summed E-state index contributed by atoms with van der Waals surface area (Å²) in [6.07, 6.45) is 5.70. The maximum Gasteiger partial charge on any atom is 0.407 e. The van der Waals surface area contributed by atoms with E-state index in [1.54, 1.807) is 95.5 Å². The van der Waals surface area contributed by atoms with Crippen LogP contribution in [0.1, 0.15) is 74.9 Å². The zero-order valence-corrected chi connectivity index (χ0v) is 49.5. The molecule has 0 aliphatic carbocycles. The Morgan fingerprint density at radius 1 is 0.655 bits per heavy atom. The van der Waals surface area contributed by atoms with Gasteiger partial charge >= 0.3 is 30.1 Å². The third kappa shape index (κ3) is 21.5. The molecule has 0 saturated carbocycles. The number of amides is 1. The van der Waals surface area contributed by atoms with E-state index in [1.807, 2.05) is 97.1 Å². The van der Waals surface area contributed by atoms with Crippen LogP contribution in [-0.4, -0.2) is 105 Å². The van der Waals surface area contributed by atoms with Crippen molar-refractivity contribution in [2.45, 2.75) is 88.8 Å². The second-order valence-electron chi connectivity index (χ2n) is 20.6. The molecule has 23 heteroatoms. The first-order valence-electron chi connectivity index (χ1n) is 26.7. The lowest BCUT2D eigenvalue weighted by molar-refractivity contribution is -0.150. The Bertz CT molecular complexity index is 3340. The first-order valence-corrected chi connectivity index (χ1v) is 28.7. The van der Waals surface area contributed by atoms with Gasteiger partial charge < -0.3 is 61.1 Å². The number of nitrogen functional groups attached to an aromatic ring is 2. The lowest BCUT2D eigenvalue weighted by atomic mass is 10.1. The fourth-order valence-corrected chi connectivity index (χ4v) is 9.96. The van der Waals surface area contributed by atoms with Crippen LogP contribution in [0.5, 0.6) is 12.0 Å². The second kappa shape index (κ2) is 31.5. The van der Waals surface area contributed by atoms with Crippen LogP contribution in [0.3, 0.4) is 0 Å². The van der Waals surface area contributed by atoms with Crippen molar-refractivity contribution in [2.24, 2.45) is 5.73 Å². The summed E-state index contributed by atoms with van der Waals surface area (Å²) in [5.41, 5.74) is 22.9. The lowest BCUT2D eigenvalue weighted by Crippen LogP contribution is -2.34. The Balaban J connectivity index is 0.000000230. The van der Waals surface area contributed by atoms with Gasteiger partial charge in [0.15, 0.2) is 0 Å². The standard InChI is InChI=1S/C31H34N6O5S.C18H22N2O3S.C12H14N4O/c1-31(2,3)42-28(38)24(18-32)16-23-8-9-25-26(17-23)43-15-13-37(25)12-14-40-30(39)35-19-21-4-6-22(7-5-21)20-41-29-34-11-10-27(33)36-29;1-18(2,3)23-17(22)14(12-19)10-13-4-5-15-16(11-13)24-9-7-20(15)6-8-21;13-7-9-1-3-10(4-2-9)8-17-12-15-6-5-11(14)16-12/h4-11,16-17H,12-15,19-20H2,1-3H3,(H,35,39)(H2,33,34,36);4-5,10-11,21H,6-9H2,1-3H3;1-6H,7-8,13H2,(H2,14,15,16)/b24-16+;14-10+;. The molecule has 21 nitrogen and oxygen atoms in total. The number of thioether (sulfide) groups is 2. The molecule has 4 heterocycles. The van der Waals surface area contributed by atoms with Crippen LogP contribution in [0.4, 0.5) is 27.8 Å². The number of hydrogen-bond acceptors (Lipinski definition) is 22.